The molecule has 2 heterocycles. The maximum Gasteiger partial charge on any atom is 0.242 e. The Morgan fingerprint density at radius 3 is 2.48 bits per heavy atom. The number of ether oxygens (including phenoxy) is 1. The van der Waals surface area contributed by atoms with Gasteiger partial charge in [0.1, 0.15) is 11.2 Å². The van der Waals surface area contributed by atoms with Crippen LogP contribution in [0.25, 0.3) is 0 Å². The zero-order chi connectivity index (χ0) is 22.4. The topological polar surface area (TPSA) is 74.8 Å². The molecule has 0 bridgehead atoms. The molecule has 3 rings (SSSR count). The monoisotopic (exact) mass is 424 g/mol. The van der Waals surface area contributed by atoms with Gasteiger partial charge in [0.25, 0.3) is 0 Å². The summed E-state index contributed by atoms with van der Waals surface area (Å²) in [7, 11) is 1.72. The largest absolute Gasteiger partial charge is 0.494 e. The van der Waals surface area contributed by atoms with Crippen molar-refractivity contribution in [3.05, 3.63) is 48.3 Å². The number of nitrogens with zero attached hydrogens (tertiary/aromatic N) is 3. The van der Waals surface area contributed by atoms with Crippen molar-refractivity contribution < 1.29 is 14.3 Å². The van der Waals surface area contributed by atoms with E-state index in [1.165, 1.54) is 5.56 Å². The van der Waals surface area contributed by atoms with E-state index >= 15 is 0 Å². The second kappa shape index (κ2) is 9.92. The fourth-order valence-corrected chi connectivity index (χ4v) is 3.75. The van der Waals surface area contributed by atoms with E-state index in [4.69, 9.17) is 4.74 Å². The number of rotatable bonds is 9. The SMILES string of the molecule is CCN1C(=O)C(C)(C)C(=O)N(C)c2cc(OCCCCNCc3ccncc3)ccc21. The summed E-state index contributed by atoms with van der Waals surface area (Å²) in [6.07, 6.45) is 5.52. The standard InChI is InChI=1S/C24H32N4O3/c1-5-28-20-9-8-19(16-21(20)27(4)22(29)24(2,3)23(28)30)31-15-7-6-12-26-17-18-10-13-25-14-11-18/h8-11,13-14,16,26H,5-7,12,15,17H2,1-4H3. The molecule has 1 aromatic heterocycles. The fourth-order valence-electron chi connectivity index (χ4n) is 3.75. The molecule has 0 fully saturated rings. The van der Waals surface area contributed by atoms with Crippen LogP contribution in [0.5, 0.6) is 5.75 Å². The van der Waals surface area contributed by atoms with Crippen LogP contribution in [0.2, 0.25) is 0 Å². The minimum atomic E-state index is -1.10. The number of aromatic nitrogens is 1. The van der Waals surface area contributed by atoms with Crippen LogP contribution < -0.4 is 19.9 Å². The molecule has 1 aliphatic heterocycles. The van der Waals surface area contributed by atoms with Gasteiger partial charge in [0.2, 0.25) is 11.8 Å². The van der Waals surface area contributed by atoms with Crippen LogP contribution in [0.4, 0.5) is 11.4 Å². The van der Waals surface area contributed by atoms with E-state index in [1.54, 1.807) is 43.1 Å². The summed E-state index contributed by atoms with van der Waals surface area (Å²) in [5.41, 5.74) is 1.55. The summed E-state index contributed by atoms with van der Waals surface area (Å²) in [6, 6.07) is 9.60. The van der Waals surface area contributed by atoms with Crippen molar-refractivity contribution in [3.8, 4) is 5.75 Å². The lowest BCUT2D eigenvalue weighted by atomic mass is 9.90. The predicted molar refractivity (Wildman–Crippen MR) is 122 cm³/mol. The fraction of sp³-hybridized carbons (Fsp3) is 0.458. The first kappa shape index (κ1) is 22.7. The molecule has 0 unspecified atom stereocenters. The molecular weight excluding hydrogens is 392 g/mol. The van der Waals surface area contributed by atoms with Gasteiger partial charge in [-0.1, -0.05) is 0 Å². The predicted octanol–water partition coefficient (Wildman–Crippen LogP) is 3.39. The van der Waals surface area contributed by atoms with Gasteiger partial charge in [0, 0.05) is 38.6 Å². The van der Waals surface area contributed by atoms with Crippen LogP contribution in [-0.4, -0.2) is 43.5 Å². The van der Waals surface area contributed by atoms with E-state index in [-0.39, 0.29) is 11.8 Å². The van der Waals surface area contributed by atoms with Crippen LogP contribution in [0, 0.1) is 5.41 Å². The van der Waals surface area contributed by atoms with Crippen LogP contribution in [0.15, 0.2) is 42.7 Å². The van der Waals surface area contributed by atoms with Crippen LogP contribution in [-0.2, 0) is 16.1 Å². The summed E-state index contributed by atoms with van der Waals surface area (Å²) in [4.78, 5) is 33.1. The van der Waals surface area contributed by atoms with E-state index < -0.39 is 5.41 Å². The molecular formula is C24H32N4O3. The molecule has 31 heavy (non-hydrogen) atoms. The van der Waals surface area contributed by atoms with Crippen molar-refractivity contribution in [2.45, 2.75) is 40.2 Å². The highest BCUT2D eigenvalue weighted by Crippen LogP contribution is 2.40. The van der Waals surface area contributed by atoms with Crippen molar-refractivity contribution in [1.82, 2.24) is 10.3 Å². The third kappa shape index (κ3) is 5.05. The Bertz CT molecular complexity index is 914. The van der Waals surface area contributed by atoms with E-state index in [9.17, 15) is 9.59 Å². The Morgan fingerprint density at radius 1 is 1.03 bits per heavy atom. The third-order valence-electron chi connectivity index (χ3n) is 5.63. The molecule has 166 valence electrons. The summed E-state index contributed by atoms with van der Waals surface area (Å²) in [5.74, 6) is 0.303. The first-order chi connectivity index (χ1) is 14.9. The van der Waals surface area contributed by atoms with Crippen molar-refractivity contribution in [2.75, 3.05) is 36.5 Å². The molecule has 7 nitrogen and oxygen atoms in total. The van der Waals surface area contributed by atoms with Gasteiger partial charge in [-0.05, 0) is 70.0 Å². The highest BCUT2D eigenvalue weighted by molar-refractivity contribution is 6.20. The second-order valence-electron chi connectivity index (χ2n) is 8.28. The second-order valence-corrected chi connectivity index (χ2v) is 8.28. The van der Waals surface area contributed by atoms with E-state index in [2.05, 4.69) is 10.3 Å². The van der Waals surface area contributed by atoms with Crippen LogP contribution in [0.1, 0.15) is 39.2 Å². The first-order valence-electron chi connectivity index (χ1n) is 10.8. The number of carbonyl (C=O) groups is 2. The van der Waals surface area contributed by atoms with Gasteiger partial charge in [-0.25, -0.2) is 0 Å². The van der Waals surface area contributed by atoms with Gasteiger partial charge in [-0.2, -0.15) is 0 Å². The van der Waals surface area contributed by atoms with Gasteiger partial charge in [0.05, 0.1) is 18.0 Å². The smallest absolute Gasteiger partial charge is 0.242 e. The number of benzene rings is 1. The zero-order valence-electron chi connectivity index (χ0n) is 18.9. The van der Waals surface area contributed by atoms with Crippen LogP contribution in [0.3, 0.4) is 0 Å². The maximum atomic E-state index is 12.9. The lowest BCUT2D eigenvalue weighted by Gasteiger charge is -2.27. The molecule has 0 atom stereocenters. The molecule has 7 heteroatoms. The number of nitrogens with one attached hydrogen (secondary N) is 1. The summed E-state index contributed by atoms with van der Waals surface area (Å²) < 4.78 is 5.93. The third-order valence-corrected chi connectivity index (χ3v) is 5.63. The van der Waals surface area contributed by atoms with Crippen molar-refractivity contribution in [3.63, 3.8) is 0 Å². The number of amides is 2. The van der Waals surface area contributed by atoms with Crippen molar-refractivity contribution in [1.29, 1.82) is 0 Å². The highest BCUT2D eigenvalue weighted by atomic mass is 16.5. The van der Waals surface area contributed by atoms with Gasteiger partial charge in [-0.15, -0.1) is 0 Å². The lowest BCUT2D eigenvalue weighted by molar-refractivity contribution is -0.137. The minimum absolute atomic E-state index is 0.182. The Morgan fingerprint density at radius 2 is 1.77 bits per heavy atom. The number of anilines is 2. The zero-order valence-corrected chi connectivity index (χ0v) is 18.9. The Kier molecular flexibility index (Phi) is 7.28. The molecule has 0 aliphatic carbocycles. The van der Waals surface area contributed by atoms with Gasteiger partial charge < -0.3 is 19.9 Å². The van der Waals surface area contributed by atoms with E-state index in [0.29, 0.717) is 24.6 Å². The number of hydrogen-bond acceptors (Lipinski definition) is 5. The number of pyridine rings is 1. The lowest BCUT2D eigenvalue weighted by Crippen LogP contribution is -2.47. The average molecular weight is 425 g/mol. The minimum Gasteiger partial charge on any atom is -0.494 e. The Balaban J connectivity index is 1.55. The summed E-state index contributed by atoms with van der Waals surface area (Å²) in [6.45, 7) is 8.12. The quantitative estimate of drug-likeness (QED) is 0.493. The molecule has 2 aromatic rings. The van der Waals surface area contributed by atoms with E-state index in [1.807, 2.05) is 37.3 Å². The van der Waals surface area contributed by atoms with Gasteiger partial charge in [-0.3, -0.25) is 14.6 Å². The molecule has 1 N–H and O–H groups in total. The summed E-state index contributed by atoms with van der Waals surface area (Å²) >= 11 is 0. The Hall–Kier alpha value is -2.93. The number of unbranched alkanes of at least 4 members (excludes halogenated alkanes) is 1. The maximum absolute atomic E-state index is 12.9. The molecule has 0 radical (unpaired) electrons. The molecule has 0 spiro atoms. The summed E-state index contributed by atoms with van der Waals surface area (Å²) in [5, 5.41) is 3.42. The van der Waals surface area contributed by atoms with E-state index in [0.717, 1.165) is 31.6 Å². The van der Waals surface area contributed by atoms with Gasteiger partial charge >= 0.3 is 0 Å². The normalized spacial score (nSPS) is 15.6. The van der Waals surface area contributed by atoms with Gasteiger partial charge in [0.15, 0.2) is 0 Å². The van der Waals surface area contributed by atoms with Crippen molar-refractivity contribution >= 4 is 23.2 Å². The highest BCUT2D eigenvalue weighted by Gasteiger charge is 2.45. The van der Waals surface area contributed by atoms with Crippen molar-refractivity contribution in [2.24, 2.45) is 5.41 Å². The molecule has 0 saturated carbocycles. The van der Waals surface area contributed by atoms with Crippen LogP contribution >= 0.6 is 0 Å². The number of carbonyl (C=O) groups excluding carboxylic acids is 2. The molecule has 1 aromatic carbocycles. The molecule has 0 saturated heterocycles. The number of hydrogen-bond donors (Lipinski definition) is 1. The molecule has 1 aliphatic rings. The Labute approximate surface area is 184 Å². The molecule has 2 amide bonds. The average Bonchev–Trinajstić information content (AvgIpc) is 2.83. The first-order valence-corrected chi connectivity index (χ1v) is 10.8. The number of fused-ring (bicyclic) bond motifs is 1.